The summed E-state index contributed by atoms with van der Waals surface area (Å²) in [5, 5.41) is 11.9. The number of nitrogens with one attached hydrogen (secondary N) is 1. The number of carboxylic acid groups (broad SMARTS) is 1. The van der Waals surface area contributed by atoms with Crippen LogP contribution in [-0.2, 0) is 21.2 Å². The van der Waals surface area contributed by atoms with Crippen LogP contribution >= 0.6 is 0 Å². The molecule has 7 heteroatoms. The van der Waals surface area contributed by atoms with E-state index in [-0.39, 0.29) is 18.4 Å². The van der Waals surface area contributed by atoms with Gasteiger partial charge < -0.3 is 10.4 Å². The van der Waals surface area contributed by atoms with Crippen LogP contribution in [0.1, 0.15) is 50.7 Å². The van der Waals surface area contributed by atoms with Gasteiger partial charge in [0.25, 0.3) is 0 Å². The highest BCUT2D eigenvalue weighted by Gasteiger charge is 2.34. The molecule has 0 aromatic heterocycles. The molecule has 0 heterocycles. The third kappa shape index (κ3) is 4.99. The molecule has 1 saturated carbocycles. The van der Waals surface area contributed by atoms with Gasteiger partial charge in [0.15, 0.2) is 0 Å². The molecule has 0 bridgehead atoms. The normalized spacial score (nSPS) is 21.3. The predicted molar refractivity (Wildman–Crippen MR) is 90.6 cm³/mol. The van der Waals surface area contributed by atoms with Crippen molar-refractivity contribution in [2.45, 2.75) is 51.1 Å². The van der Waals surface area contributed by atoms with E-state index in [2.05, 4.69) is 5.32 Å². The Bertz CT molecular complexity index is 670. The van der Waals surface area contributed by atoms with Crippen molar-refractivity contribution in [1.82, 2.24) is 5.32 Å². The Morgan fingerprint density at radius 1 is 1.15 bits per heavy atom. The zero-order valence-corrected chi connectivity index (χ0v) is 14.9. The van der Waals surface area contributed by atoms with Gasteiger partial charge in [0.05, 0.1) is 11.5 Å². The van der Waals surface area contributed by atoms with Crippen LogP contribution in [0.2, 0.25) is 0 Å². The molecule has 1 amide bonds. The van der Waals surface area contributed by atoms with E-state index in [0.29, 0.717) is 31.2 Å². The molecule has 0 spiro atoms. The number of carbonyl (C=O) groups is 2. The minimum absolute atomic E-state index is 0.182. The molecule has 1 aliphatic carbocycles. The first-order chi connectivity index (χ1) is 12.0. The number of carbonyl (C=O) groups excluding carboxylic acids is 1. The lowest BCUT2D eigenvalue weighted by Crippen LogP contribution is -2.41. The second kappa shape index (κ2) is 7.68. The van der Waals surface area contributed by atoms with Crippen molar-refractivity contribution < 1.29 is 27.9 Å². The van der Waals surface area contributed by atoms with Gasteiger partial charge in [0.1, 0.15) is 0 Å². The molecule has 0 saturated heterocycles. The van der Waals surface area contributed by atoms with Crippen molar-refractivity contribution in [1.29, 1.82) is 0 Å². The summed E-state index contributed by atoms with van der Waals surface area (Å²) in [6.45, 7) is 3.72. The third-order valence-electron chi connectivity index (χ3n) is 5.07. The van der Waals surface area contributed by atoms with E-state index in [4.69, 9.17) is 5.11 Å². The molecule has 2 N–H and O–H groups in total. The highest BCUT2D eigenvalue weighted by molar-refractivity contribution is 5.80. The van der Waals surface area contributed by atoms with Gasteiger partial charge in [-0.25, -0.2) is 0 Å². The van der Waals surface area contributed by atoms with Crippen molar-refractivity contribution in [3.63, 3.8) is 0 Å². The first-order valence-electron chi connectivity index (χ1n) is 8.69. The minimum Gasteiger partial charge on any atom is -0.481 e. The first kappa shape index (κ1) is 20.3. The minimum atomic E-state index is -4.41. The van der Waals surface area contributed by atoms with Gasteiger partial charge in [-0.15, -0.1) is 0 Å². The zero-order chi connectivity index (χ0) is 19.5. The quantitative estimate of drug-likeness (QED) is 0.822. The SMILES string of the molecule is CC(C)(CNC(=O)C1CCCC(C(=O)O)C1)c1cccc(C(F)(F)F)c1. The molecular weight excluding hydrogens is 347 g/mol. The van der Waals surface area contributed by atoms with Crippen LogP contribution in [0.15, 0.2) is 24.3 Å². The number of hydrogen-bond donors (Lipinski definition) is 2. The molecule has 0 aliphatic heterocycles. The molecule has 2 unspecified atom stereocenters. The highest BCUT2D eigenvalue weighted by atomic mass is 19.4. The lowest BCUT2D eigenvalue weighted by atomic mass is 9.80. The fourth-order valence-electron chi connectivity index (χ4n) is 3.32. The monoisotopic (exact) mass is 371 g/mol. The summed E-state index contributed by atoms with van der Waals surface area (Å²) in [4.78, 5) is 23.5. The molecule has 2 atom stereocenters. The Balaban J connectivity index is 2.01. The van der Waals surface area contributed by atoms with E-state index in [1.165, 1.54) is 6.07 Å². The Morgan fingerprint density at radius 3 is 2.38 bits per heavy atom. The number of rotatable bonds is 5. The summed E-state index contributed by atoms with van der Waals surface area (Å²) >= 11 is 0. The Morgan fingerprint density at radius 2 is 1.77 bits per heavy atom. The number of amides is 1. The maximum atomic E-state index is 12.9. The Kier molecular flexibility index (Phi) is 5.98. The van der Waals surface area contributed by atoms with Crippen LogP contribution < -0.4 is 5.32 Å². The fourth-order valence-corrected chi connectivity index (χ4v) is 3.32. The van der Waals surface area contributed by atoms with Gasteiger partial charge in [-0.3, -0.25) is 9.59 Å². The van der Waals surface area contributed by atoms with Crippen molar-refractivity contribution in [2.75, 3.05) is 6.54 Å². The standard InChI is InChI=1S/C19H24F3NO3/c1-18(2,14-7-4-8-15(10-14)19(20,21)22)11-23-16(24)12-5-3-6-13(9-12)17(25)26/h4,7-8,10,12-13H,3,5-6,9,11H2,1-2H3,(H,23,24)(H,25,26). The molecule has 1 aliphatic rings. The summed E-state index contributed by atoms with van der Waals surface area (Å²) in [7, 11) is 0. The maximum absolute atomic E-state index is 12.9. The van der Waals surface area contributed by atoms with Crippen LogP contribution in [0, 0.1) is 11.8 Å². The molecular formula is C19H24F3NO3. The van der Waals surface area contributed by atoms with Crippen LogP contribution in [0.5, 0.6) is 0 Å². The van der Waals surface area contributed by atoms with E-state index < -0.39 is 29.0 Å². The van der Waals surface area contributed by atoms with Gasteiger partial charge in [-0.05, 0) is 30.9 Å². The van der Waals surface area contributed by atoms with Crippen LogP contribution in [0.3, 0.4) is 0 Å². The first-order valence-corrected chi connectivity index (χ1v) is 8.69. The van der Waals surface area contributed by atoms with E-state index in [0.717, 1.165) is 12.1 Å². The number of benzene rings is 1. The molecule has 1 aromatic carbocycles. The summed E-state index contributed by atoms with van der Waals surface area (Å²) in [5.74, 6) is -1.97. The Hall–Kier alpha value is -2.05. The third-order valence-corrected chi connectivity index (χ3v) is 5.07. The van der Waals surface area contributed by atoms with E-state index in [9.17, 15) is 22.8 Å². The second-order valence-corrected chi connectivity index (χ2v) is 7.58. The second-order valence-electron chi connectivity index (χ2n) is 7.58. The van der Waals surface area contributed by atoms with Crippen molar-refractivity contribution in [2.24, 2.45) is 11.8 Å². The average Bonchev–Trinajstić information content (AvgIpc) is 2.59. The average molecular weight is 371 g/mol. The van der Waals surface area contributed by atoms with Gasteiger partial charge in [-0.1, -0.05) is 38.5 Å². The zero-order valence-electron chi connectivity index (χ0n) is 14.9. The molecule has 144 valence electrons. The lowest BCUT2D eigenvalue weighted by Gasteiger charge is -2.29. The van der Waals surface area contributed by atoms with Crippen molar-refractivity contribution in [3.05, 3.63) is 35.4 Å². The number of halogens is 3. The summed E-state index contributed by atoms with van der Waals surface area (Å²) in [6, 6.07) is 5.10. The number of carboxylic acids is 1. The van der Waals surface area contributed by atoms with Crippen molar-refractivity contribution in [3.8, 4) is 0 Å². The maximum Gasteiger partial charge on any atom is 0.416 e. The van der Waals surface area contributed by atoms with Gasteiger partial charge in [0.2, 0.25) is 5.91 Å². The van der Waals surface area contributed by atoms with Gasteiger partial charge in [0, 0.05) is 17.9 Å². The van der Waals surface area contributed by atoms with Crippen LogP contribution in [0.4, 0.5) is 13.2 Å². The fraction of sp³-hybridized carbons (Fsp3) is 0.579. The Labute approximate surface area is 150 Å². The van der Waals surface area contributed by atoms with E-state index in [1.807, 2.05) is 0 Å². The summed E-state index contributed by atoms with van der Waals surface area (Å²) in [5.41, 5.74) is -0.914. The number of aliphatic carboxylic acids is 1. The summed E-state index contributed by atoms with van der Waals surface area (Å²) < 4.78 is 38.7. The molecule has 4 nitrogen and oxygen atoms in total. The molecule has 2 rings (SSSR count). The molecule has 1 aromatic rings. The molecule has 26 heavy (non-hydrogen) atoms. The highest BCUT2D eigenvalue weighted by Crippen LogP contribution is 2.33. The predicted octanol–water partition coefficient (Wildman–Crippen LogP) is 3.99. The van der Waals surface area contributed by atoms with Gasteiger partial charge >= 0.3 is 12.1 Å². The number of alkyl halides is 3. The largest absolute Gasteiger partial charge is 0.481 e. The van der Waals surface area contributed by atoms with E-state index in [1.54, 1.807) is 19.9 Å². The van der Waals surface area contributed by atoms with Crippen LogP contribution in [0.25, 0.3) is 0 Å². The summed E-state index contributed by atoms with van der Waals surface area (Å²) in [6.07, 6.45) is -2.20. The van der Waals surface area contributed by atoms with E-state index >= 15 is 0 Å². The number of hydrogen-bond acceptors (Lipinski definition) is 2. The van der Waals surface area contributed by atoms with Gasteiger partial charge in [-0.2, -0.15) is 13.2 Å². The van der Waals surface area contributed by atoms with Crippen LogP contribution in [-0.4, -0.2) is 23.5 Å². The molecule has 0 radical (unpaired) electrons. The topological polar surface area (TPSA) is 66.4 Å². The molecule has 1 fully saturated rings. The smallest absolute Gasteiger partial charge is 0.416 e. The van der Waals surface area contributed by atoms with Crippen molar-refractivity contribution >= 4 is 11.9 Å². The lowest BCUT2D eigenvalue weighted by molar-refractivity contribution is -0.144.